The van der Waals surface area contributed by atoms with Crippen LogP contribution in [-0.2, 0) is 14.9 Å². The Morgan fingerprint density at radius 3 is 2.18 bits per heavy atom. The van der Waals surface area contributed by atoms with Crippen molar-refractivity contribution in [2.75, 3.05) is 6.61 Å². The van der Waals surface area contributed by atoms with Gasteiger partial charge in [0.15, 0.2) is 0 Å². The second-order valence-electron chi connectivity index (χ2n) is 11.0. The Bertz CT molecular complexity index is 816. The highest BCUT2D eigenvalue weighted by Gasteiger charge is 2.44. The summed E-state index contributed by atoms with van der Waals surface area (Å²) < 4.78 is 20.6. The van der Waals surface area contributed by atoms with Gasteiger partial charge in [0.25, 0.3) is 0 Å². The third-order valence-corrected chi connectivity index (χ3v) is 8.47. The lowest BCUT2D eigenvalue weighted by Crippen LogP contribution is -2.42. The maximum atomic E-state index is 14.5. The van der Waals surface area contributed by atoms with E-state index in [1.165, 1.54) is 76.3 Å². The van der Waals surface area contributed by atoms with E-state index in [0.717, 1.165) is 38.5 Å². The fourth-order valence-corrected chi connectivity index (χ4v) is 6.25. The first-order valence-electron chi connectivity index (χ1n) is 13.9. The Balaban J connectivity index is 1.65. The maximum absolute atomic E-state index is 14.5. The predicted octanol–water partition coefficient (Wildman–Crippen LogP) is 8.53. The molecule has 0 spiro atoms. The van der Waals surface area contributed by atoms with Gasteiger partial charge in [-0.25, -0.2) is 4.39 Å². The number of nitrogens with zero attached hydrogens (tertiary/aromatic N) is 1. The van der Waals surface area contributed by atoms with E-state index < -0.39 is 11.2 Å². The average Bonchev–Trinajstić information content (AvgIpc) is 2.87. The SMILES string of the molecule is CCCCCCCCCC1(COC(=O)C2(c3ccc(C#N)c(F)c3)CCCCC2)CCCCC1. The molecule has 0 saturated heterocycles. The van der Waals surface area contributed by atoms with Gasteiger partial charge >= 0.3 is 5.97 Å². The van der Waals surface area contributed by atoms with E-state index in [1.807, 2.05) is 6.07 Å². The molecule has 0 heterocycles. The molecule has 2 fully saturated rings. The number of unbranched alkanes of at least 4 members (excludes halogenated alkanes) is 6. The summed E-state index contributed by atoms with van der Waals surface area (Å²) in [6.45, 7) is 2.76. The van der Waals surface area contributed by atoms with Crippen molar-refractivity contribution in [3.05, 3.63) is 35.1 Å². The lowest BCUT2D eigenvalue weighted by molar-refractivity contribution is -0.157. The zero-order valence-electron chi connectivity index (χ0n) is 21.3. The van der Waals surface area contributed by atoms with E-state index >= 15 is 0 Å². The fraction of sp³-hybridized carbons (Fsp3) is 0.733. The molecule has 0 amide bonds. The van der Waals surface area contributed by atoms with Gasteiger partial charge in [0, 0.05) is 5.41 Å². The number of halogens is 1. The molecule has 0 unspecified atom stereocenters. The second-order valence-corrected chi connectivity index (χ2v) is 11.0. The summed E-state index contributed by atoms with van der Waals surface area (Å²) in [6, 6.07) is 6.57. The van der Waals surface area contributed by atoms with Crippen molar-refractivity contribution >= 4 is 5.97 Å². The van der Waals surface area contributed by atoms with Gasteiger partial charge < -0.3 is 4.74 Å². The minimum Gasteiger partial charge on any atom is -0.464 e. The number of nitriles is 1. The fourth-order valence-electron chi connectivity index (χ4n) is 6.25. The van der Waals surface area contributed by atoms with Crippen molar-refractivity contribution in [1.29, 1.82) is 5.26 Å². The minimum absolute atomic E-state index is 0.0268. The molecule has 1 aromatic rings. The van der Waals surface area contributed by atoms with Crippen molar-refractivity contribution in [1.82, 2.24) is 0 Å². The number of carbonyl (C=O) groups excluding carboxylic acids is 1. The van der Waals surface area contributed by atoms with Gasteiger partial charge in [-0.15, -0.1) is 0 Å². The largest absolute Gasteiger partial charge is 0.464 e. The predicted molar refractivity (Wildman–Crippen MR) is 135 cm³/mol. The summed E-state index contributed by atoms with van der Waals surface area (Å²) in [5.74, 6) is -0.721. The molecule has 3 rings (SSSR count). The normalized spacial score (nSPS) is 19.3. The molecular weight excluding hydrogens is 425 g/mol. The summed E-state index contributed by atoms with van der Waals surface area (Å²) in [7, 11) is 0. The van der Waals surface area contributed by atoms with Crippen LogP contribution in [0.15, 0.2) is 18.2 Å². The lowest BCUT2D eigenvalue weighted by atomic mass is 9.69. The van der Waals surface area contributed by atoms with Crippen molar-refractivity contribution in [3.63, 3.8) is 0 Å². The molecule has 2 saturated carbocycles. The molecule has 1 aromatic carbocycles. The highest BCUT2D eigenvalue weighted by atomic mass is 19.1. The summed E-state index contributed by atoms with van der Waals surface area (Å²) in [5.41, 5.74) is 0.0445. The monoisotopic (exact) mass is 469 g/mol. The topological polar surface area (TPSA) is 50.1 Å². The van der Waals surface area contributed by atoms with Crippen LogP contribution in [0.1, 0.15) is 134 Å². The molecular formula is C30H44FNO2. The quantitative estimate of drug-likeness (QED) is 0.228. The standard InChI is InChI=1S/C30H44FNO2/c1-2-3-4-5-6-7-10-17-29(18-11-8-12-19-29)24-34-28(33)30(20-13-9-14-21-30)26-16-15-25(23-32)27(31)22-26/h15-16,22H,2-14,17-21,24H2,1H3. The molecule has 0 N–H and O–H groups in total. The van der Waals surface area contributed by atoms with Gasteiger partial charge in [0.05, 0.1) is 17.6 Å². The molecule has 188 valence electrons. The molecule has 0 aromatic heterocycles. The number of ether oxygens (including phenoxy) is 1. The first-order chi connectivity index (χ1) is 16.6. The van der Waals surface area contributed by atoms with E-state index in [-0.39, 0.29) is 16.9 Å². The van der Waals surface area contributed by atoms with Crippen LogP contribution in [0.3, 0.4) is 0 Å². The van der Waals surface area contributed by atoms with Crippen molar-refractivity contribution in [3.8, 4) is 6.07 Å². The van der Waals surface area contributed by atoms with E-state index in [4.69, 9.17) is 10.00 Å². The number of carbonyl (C=O) groups is 1. The van der Waals surface area contributed by atoms with Crippen LogP contribution in [0.5, 0.6) is 0 Å². The molecule has 4 heteroatoms. The van der Waals surface area contributed by atoms with Crippen LogP contribution < -0.4 is 0 Å². The van der Waals surface area contributed by atoms with Gasteiger partial charge in [-0.1, -0.05) is 96.5 Å². The molecule has 3 nitrogen and oxygen atoms in total. The summed E-state index contributed by atoms with van der Waals surface area (Å²) in [5, 5.41) is 9.11. The number of hydrogen-bond donors (Lipinski definition) is 0. The van der Waals surface area contributed by atoms with Crippen molar-refractivity contribution < 1.29 is 13.9 Å². The maximum Gasteiger partial charge on any atom is 0.316 e. The van der Waals surface area contributed by atoms with Crippen LogP contribution in [0.4, 0.5) is 4.39 Å². The Morgan fingerprint density at radius 2 is 1.56 bits per heavy atom. The number of hydrogen-bond acceptors (Lipinski definition) is 3. The number of rotatable bonds is 12. The van der Waals surface area contributed by atoms with Crippen LogP contribution in [0.25, 0.3) is 0 Å². The average molecular weight is 470 g/mol. The molecule has 0 radical (unpaired) electrons. The van der Waals surface area contributed by atoms with Crippen molar-refractivity contribution in [2.24, 2.45) is 5.41 Å². The summed E-state index contributed by atoms with van der Waals surface area (Å²) in [6.07, 6.45) is 20.6. The molecule has 2 aliphatic rings. The van der Waals surface area contributed by atoms with E-state index in [9.17, 15) is 9.18 Å². The van der Waals surface area contributed by atoms with Crippen LogP contribution in [0.2, 0.25) is 0 Å². The van der Waals surface area contributed by atoms with E-state index in [1.54, 1.807) is 6.07 Å². The summed E-state index contributed by atoms with van der Waals surface area (Å²) >= 11 is 0. The number of benzene rings is 1. The van der Waals surface area contributed by atoms with E-state index in [0.29, 0.717) is 25.0 Å². The Kier molecular flexibility index (Phi) is 10.4. The lowest BCUT2D eigenvalue weighted by Gasteiger charge is -2.40. The zero-order valence-corrected chi connectivity index (χ0v) is 21.3. The molecule has 34 heavy (non-hydrogen) atoms. The third kappa shape index (κ3) is 6.83. The minimum atomic E-state index is -0.776. The first-order valence-corrected chi connectivity index (χ1v) is 13.9. The summed E-state index contributed by atoms with van der Waals surface area (Å²) in [4.78, 5) is 13.6. The Labute approximate surface area is 206 Å². The van der Waals surface area contributed by atoms with Crippen LogP contribution >= 0.6 is 0 Å². The molecule has 0 bridgehead atoms. The third-order valence-electron chi connectivity index (χ3n) is 8.47. The molecule has 0 aliphatic heterocycles. The Morgan fingerprint density at radius 1 is 0.941 bits per heavy atom. The van der Waals surface area contributed by atoms with Gasteiger partial charge in [-0.2, -0.15) is 5.26 Å². The van der Waals surface area contributed by atoms with Gasteiger partial charge in [-0.3, -0.25) is 4.79 Å². The molecule has 2 aliphatic carbocycles. The van der Waals surface area contributed by atoms with Crippen molar-refractivity contribution in [2.45, 2.75) is 128 Å². The van der Waals surface area contributed by atoms with Gasteiger partial charge in [0.1, 0.15) is 11.9 Å². The zero-order chi connectivity index (χ0) is 24.3. The van der Waals surface area contributed by atoms with Gasteiger partial charge in [-0.05, 0) is 49.8 Å². The Hall–Kier alpha value is -1.89. The highest BCUT2D eigenvalue weighted by molar-refractivity contribution is 5.83. The van der Waals surface area contributed by atoms with E-state index in [2.05, 4.69) is 6.92 Å². The van der Waals surface area contributed by atoms with Gasteiger partial charge in [0.2, 0.25) is 0 Å². The van der Waals surface area contributed by atoms with Crippen LogP contribution in [-0.4, -0.2) is 12.6 Å². The smallest absolute Gasteiger partial charge is 0.316 e. The highest BCUT2D eigenvalue weighted by Crippen LogP contribution is 2.44. The number of esters is 1. The first kappa shape index (κ1) is 26.7. The second kappa shape index (κ2) is 13.3. The molecule has 0 atom stereocenters. The van der Waals surface area contributed by atoms with Crippen LogP contribution in [0, 0.1) is 22.6 Å².